The van der Waals surface area contributed by atoms with Gasteiger partial charge >= 0.3 is 0 Å². The number of benzene rings is 1. The number of piperazine rings is 1. The van der Waals surface area contributed by atoms with Crippen molar-refractivity contribution in [3.8, 4) is 5.75 Å². The summed E-state index contributed by atoms with van der Waals surface area (Å²) in [7, 11) is 5.96. The summed E-state index contributed by atoms with van der Waals surface area (Å²) in [6, 6.07) is 9.33. The Hall–Kier alpha value is -1.26. The van der Waals surface area contributed by atoms with Gasteiger partial charge in [0.2, 0.25) is 0 Å². The van der Waals surface area contributed by atoms with Gasteiger partial charge < -0.3 is 19.9 Å². The van der Waals surface area contributed by atoms with Crippen LogP contribution < -0.4 is 15.0 Å². The summed E-state index contributed by atoms with van der Waals surface area (Å²) in [5.74, 6) is 0.924. The number of hydrogen-bond acceptors (Lipinski definition) is 4. The predicted octanol–water partition coefficient (Wildman–Crippen LogP) is 1.42. The molecule has 1 aliphatic rings. The van der Waals surface area contributed by atoms with E-state index in [1.807, 2.05) is 6.07 Å². The van der Waals surface area contributed by atoms with Crippen LogP contribution in [-0.4, -0.2) is 57.8 Å². The highest BCUT2D eigenvalue weighted by molar-refractivity contribution is 5.51. The van der Waals surface area contributed by atoms with Crippen LogP contribution in [0.25, 0.3) is 0 Å². The first-order valence-electron chi connectivity index (χ1n) is 6.88. The van der Waals surface area contributed by atoms with Gasteiger partial charge in [0.25, 0.3) is 0 Å². The maximum absolute atomic E-state index is 5.31. The van der Waals surface area contributed by atoms with Gasteiger partial charge in [0.15, 0.2) is 0 Å². The summed E-state index contributed by atoms with van der Waals surface area (Å²) in [6.07, 6.45) is 0. The standard InChI is InChI=1S/C15H25N3O/c1-12-9-18(11-13(16-12)10-17(2)3)14-6-5-7-15(8-14)19-4/h5-8,12-13,16H,9-11H2,1-4H3. The van der Waals surface area contributed by atoms with Gasteiger partial charge in [-0.15, -0.1) is 0 Å². The first-order chi connectivity index (χ1) is 9.08. The lowest BCUT2D eigenvalue weighted by atomic mass is 10.1. The van der Waals surface area contributed by atoms with Crippen LogP contribution in [0.1, 0.15) is 6.92 Å². The highest BCUT2D eigenvalue weighted by Gasteiger charge is 2.24. The molecule has 0 saturated carbocycles. The van der Waals surface area contributed by atoms with Crippen LogP contribution in [0.3, 0.4) is 0 Å². The fraction of sp³-hybridized carbons (Fsp3) is 0.600. The average Bonchev–Trinajstić information content (AvgIpc) is 2.37. The Bertz CT molecular complexity index is 406. The third-order valence-electron chi connectivity index (χ3n) is 3.46. The normalized spacial score (nSPS) is 23.7. The Balaban J connectivity index is 2.09. The van der Waals surface area contributed by atoms with Crippen molar-refractivity contribution in [1.82, 2.24) is 10.2 Å². The zero-order valence-corrected chi connectivity index (χ0v) is 12.4. The van der Waals surface area contributed by atoms with Gasteiger partial charge in [0.1, 0.15) is 5.75 Å². The Morgan fingerprint density at radius 2 is 2.16 bits per heavy atom. The number of rotatable bonds is 4. The molecule has 1 N–H and O–H groups in total. The Morgan fingerprint density at radius 1 is 1.37 bits per heavy atom. The number of nitrogens with zero attached hydrogens (tertiary/aromatic N) is 2. The molecule has 0 amide bonds. The fourth-order valence-corrected chi connectivity index (χ4v) is 2.75. The number of nitrogens with one attached hydrogen (secondary N) is 1. The fourth-order valence-electron chi connectivity index (χ4n) is 2.75. The van der Waals surface area contributed by atoms with E-state index in [1.165, 1.54) is 5.69 Å². The Labute approximate surface area is 116 Å². The molecule has 1 aromatic carbocycles. The molecule has 0 bridgehead atoms. The summed E-state index contributed by atoms with van der Waals surface area (Å²) in [4.78, 5) is 4.68. The van der Waals surface area contributed by atoms with Crippen molar-refractivity contribution in [1.29, 1.82) is 0 Å². The highest BCUT2D eigenvalue weighted by Crippen LogP contribution is 2.22. The minimum absolute atomic E-state index is 0.505. The zero-order chi connectivity index (χ0) is 13.8. The third kappa shape index (κ3) is 3.85. The maximum atomic E-state index is 5.31. The molecule has 0 radical (unpaired) electrons. The molecule has 0 aromatic heterocycles. The minimum Gasteiger partial charge on any atom is -0.497 e. The van der Waals surface area contributed by atoms with E-state index in [-0.39, 0.29) is 0 Å². The van der Waals surface area contributed by atoms with Crippen molar-refractivity contribution >= 4 is 5.69 Å². The van der Waals surface area contributed by atoms with E-state index >= 15 is 0 Å². The van der Waals surface area contributed by atoms with Gasteiger partial charge in [-0.2, -0.15) is 0 Å². The van der Waals surface area contributed by atoms with E-state index in [4.69, 9.17) is 4.74 Å². The second kappa shape index (κ2) is 6.26. The van der Waals surface area contributed by atoms with Crippen LogP contribution in [0.4, 0.5) is 5.69 Å². The van der Waals surface area contributed by atoms with E-state index in [0.29, 0.717) is 12.1 Å². The molecule has 2 unspecified atom stereocenters. The SMILES string of the molecule is COc1cccc(N2CC(C)NC(CN(C)C)C2)c1. The first-order valence-corrected chi connectivity index (χ1v) is 6.88. The lowest BCUT2D eigenvalue weighted by Gasteiger charge is -2.40. The molecule has 4 heteroatoms. The van der Waals surface area contributed by atoms with Crippen LogP contribution in [0, 0.1) is 0 Å². The van der Waals surface area contributed by atoms with Crippen molar-refractivity contribution in [3.05, 3.63) is 24.3 Å². The zero-order valence-electron chi connectivity index (χ0n) is 12.4. The van der Waals surface area contributed by atoms with Crippen molar-refractivity contribution in [3.63, 3.8) is 0 Å². The van der Waals surface area contributed by atoms with Gasteiger partial charge in [-0.3, -0.25) is 0 Å². The van der Waals surface area contributed by atoms with Gasteiger partial charge in [-0.1, -0.05) is 6.07 Å². The smallest absolute Gasteiger partial charge is 0.120 e. The molecule has 19 heavy (non-hydrogen) atoms. The Kier molecular flexibility index (Phi) is 4.66. The molecular weight excluding hydrogens is 238 g/mol. The topological polar surface area (TPSA) is 27.7 Å². The van der Waals surface area contributed by atoms with E-state index in [0.717, 1.165) is 25.4 Å². The summed E-state index contributed by atoms with van der Waals surface area (Å²) >= 11 is 0. The van der Waals surface area contributed by atoms with E-state index < -0.39 is 0 Å². The van der Waals surface area contributed by atoms with Crippen molar-refractivity contribution in [2.24, 2.45) is 0 Å². The van der Waals surface area contributed by atoms with Crippen LogP contribution in [0.2, 0.25) is 0 Å². The van der Waals surface area contributed by atoms with Crippen LogP contribution in [-0.2, 0) is 0 Å². The molecule has 0 spiro atoms. The molecule has 2 atom stereocenters. The molecule has 2 rings (SSSR count). The minimum atomic E-state index is 0.505. The maximum Gasteiger partial charge on any atom is 0.120 e. The number of methoxy groups -OCH3 is 1. The summed E-state index contributed by atoms with van der Waals surface area (Å²) in [5, 5.41) is 3.66. The second-order valence-corrected chi connectivity index (χ2v) is 5.63. The van der Waals surface area contributed by atoms with Crippen LogP contribution >= 0.6 is 0 Å². The van der Waals surface area contributed by atoms with Crippen molar-refractivity contribution in [2.75, 3.05) is 45.7 Å². The van der Waals surface area contributed by atoms with Gasteiger partial charge in [-0.05, 0) is 33.2 Å². The second-order valence-electron chi connectivity index (χ2n) is 5.63. The molecule has 1 heterocycles. The van der Waals surface area contributed by atoms with E-state index in [2.05, 4.69) is 54.3 Å². The Morgan fingerprint density at radius 3 is 2.84 bits per heavy atom. The molecular formula is C15H25N3O. The van der Waals surface area contributed by atoms with Crippen molar-refractivity contribution < 1.29 is 4.74 Å². The lowest BCUT2D eigenvalue weighted by Crippen LogP contribution is -2.58. The summed E-state index contributed by atoms with van der Waals surface area (Å²) < 4.78 is 5.31. The van der Waals surface area contributed by atoms with Gasteiger partial charge in [0, 0.05) is 43.5 Å². The van der Waals surface area contributed by atoms with Gasteiger partial charge in [0.05, 0.1) is 7.11 Å². The largest absolute Gasteiger partial charge is 0.497 e. The molecule has 0 aliphatic carbocycles. The summed E-state index contributed by atoms with van der Waals surface area (Å²) in [6.45, 7) is 5.38. The number of ether oxygens (including phenoxy) is 1. The monoisotopic (exact) mass is 263 g/mol. The van der Waals surface area contributed by atoms with E-state index in [9.17, 15) is 0 Å². The molecule has 106 valence electrons. The molecule has 1 aromatic rings. The quantitative estimate of drug-likeness (QED) is 0.889. The first kappa shape index (κ1) is 14.2. The predicted molar refractivity (Wildman–Crippen MR) is 80.1 cm³/mol. The number of anilines is 1. The highest BCUT2D eigenvalue weighted by atomic mass is 16.5. The molecule has 1 fully saturated rings. The van der Waals surface area contributed by atoms with Crippen LogP contribution in [0.15, 0.2) is 24.3 Å². The molecule has 1 saturated heterocycles. The van der Waals surface area contributed by atoms with Crippen molar-refractivity contribution in [2.45, 2.75) is 19.0 Å². The van der Waals surface area contributed by atoms with Crippen LogP contribution in [0.5, 0.6) is 5.75 Å². The molecule has 1 aliphatic heterocycles. The summed E-state index contributed by atoms with van der Waals surface area (Å²) in [5.41, 5.74) is 1.25. The lowest BCUT2D eigenvalue weighted by molar-refractivity contribution is 0.297. The average molecular weight is 263 g/mol. The third-order valence-corrected chi connectivity index (χ3v) is 3.46. The number of likely N-dealkylation sites (N-methyl/N-ethyl adjacent to an activating group) is 1. The van der Waals surface area contributed by atoms with E-state index in [1.54, 1.807) is 7.11 Å². The molecule has 4 nitrogen and oxygen atoms in total. The van der Waals surface area contributed by atoms with Gasteiger partial charge in [-0.25, -0.2) is 0 Å². The number of hydrogen-bond donors (Lipinski definition) is 1.